The lowest BCUT2D eigenvalue weighted by molar-refractivity contribution is 0.0698. The van der Waals surface area contributed by atoms with Crippen molar-refractivity contribution < 1.29 is 14.7 Å². The zero-order valence-corrected chi connectivity index (χ0v) is 21.0. The van der Waals surface area contributed by atoms with E-state index in [1.807, 2.05) is 24.3 Å². The fourth-order valence-corrected chi connectivity index (χ4v) is 5.60. The van der Waals surface area contributed by atoms with Gasteiger partial charge in [-0.25, -0.2) is 4.79 Å². The Labute approximate surface area is 217 Å². The minimum atomic E-state index is -1.07. The third kappa shape index (κ3) is 5.57. The molecule has 0 bridgehead atoms. The summed E-state index contributed by atoms with van der Waals surface area (Å²) in [6, 6.07) is 29.9. The summed E-state index contributed by atoms with van der Waals surface area (Å²) in [6.45, 7) is 2.25. The Morgan fingerprint density at radius 2 is 1.59 bits per heavy atom. The second-order valence-corrected chi connectivity index (χ2v) is 9.94. The molecule has 5 heteroatoms. The van der Waals surface area contributed by atoms with Crippen LogP contribution in [0.25, 0.3) is 10.8 Å². The fourth-order valence-electron chi connectivity index (χ4n) is 5.60. The molecule has 0 saturated heterocycles. The van der Waals surface area contributed by atoms with Crippen molar-refractivity contribution in [3.8, 4) is 0 Å². The average Bonchev–Trinajstić information content (AvgIpc) is 2.93. The number of fused-ring (bicyclic) bond motifs is 1. The SMILES string of the molecule is C[C@@H](NC1CCC[C@H](c2ccc(C(=O)Nc3ccccc3C(=O)O)cc2)C1)c1cccc2ccccc12. The number of carbonyl (C=O) groups excluding carboxylic acids is 1. The van der Waals surface area contributed by atoms with Crippen LogP contribution in [0.5, 0.6) is 0 Å². The van der Waals surface area contributed by atoms with Gasteiger partial charge in [-0.15, -0.1) is 0 Å². The van der Waals surface area contributed by atoms with Crippen molar-refractivity contribution in [2.24, 2.45) is 0 Å². The molecule has 0 heterocycles. The Morgan fingerprint density at radius 1 is 0.865 bits per heavy atom. The van der Waals surface area contributed by atoms with Crippen LogP contribution in [-0.2, 0) is 0 Å². The summed E-state index contributed by atoms with van der Waals surface area (Å²) in [5, 5.41) is 18.6. The highest BCUT2D eigenvalue weighted by Crippen LogP contribution is 2.35. The van der Waals surface area contributed by atoms with E-state index in [1.54, 1.807) is 18.2 Å². The number of carboxylic acid groups (broad SMARTS) is 1. The van der Waals surface area contributed by atoms with Crippen LogP contribution >= 0.6 is 0 Å². The van der Waals surface area contributed by atoms with E-state index in [-0.39, 0.29) is 17.5 Å². The summed E-state index contributed by atoms with van der Waals surface area (Å²) < 4.78 is 0. The molecule has 3 N–H and O–H groups in total. The van der Waals surface area contributed by atoms with Gasteiger partial charge in [0.05, 0.1) is 11.3 Å². The third-order valence-electron chi connectivity index (χ3n) is 7.50. The van der Waals surface area contributed by atoms with E-state index in [1.165, 1.54) is 34.4 Å². The molecule has 1 aliphatic carbocycles. The van der Waals surface area contributed by atoms with Crippen LogP contribution in [-0.4, -0.2) is 23.0 Å². The average molecular weight is 493 g/mol. The number of benzene rings is 4. The number of rotatable bonds is 7. The van der Waals surface area contributed by atoms with Gasteiger partial charge in [0.15, 0.2) is 0 Å². The number of para-hydroxylation sites is 1. The first-order valence-electron chi connectivity index (χ1n) is 13.0. The van der Waals surface area contributed by atoms with Crippen LogP contribution in [0.1, 0.15) is 76.4 Å². The van der Waals surface area contributed by atoms with Crippen molar-refractivity contribution in [2.45, 2.75) is 50.6 Å². The van der Waals surface area contributed by atoms with E-state index in [9.17, 15) is 14.7 Å². The quantitative estimate of drug-likeness (QED) is 0.256. The number of carboxylic acids is 1. The van der Waals surface area contributed by atoms with Crippen molar-refractivity contribution in [3.63, 3.8) is 0 Å². The molecule has 0 aromatic heterocycles. The Morgan fingerprint density at radius 3 is 2.41 bits per heavy atom. The molecule has 0 aliphatic heterocycles. The Kier molecular flexibility index (Phi) is 7.33. The van der Waals surface area contributed by atoms with E-state index in [2.05, 4.69) is 60.0 Å². The number of carbonyl (C=O) groups is 2. The summed E-state index contributed by atoms with van der Waals surface area (Å²) in [6.07, 6.45) is 4.53. The molecule has 0 spiro atoms. The highest BCUT2D eigenvalue weighted by atomic mass is 16.4. The zero-order valence-electron chi connectivity index (χ0n) is 21.0. The van der Waals surface area contributed by atoms with E-state index in [4.69, 9.17) is 0 Å². The summed E-state index contributed by atoms with van der Waals surface area (Å²) in [7, 11) is 0. The number of nitrogens with one attached hydrogen (secondary N) is 2. The highest BCUT2D eigenvalue weighted by Gasteiger charge is 2.25. The number of hydrogen-bond donors (Lipinski definition) is 3. The maximum absolute atomic E-state index is 12.8. The number of anilines is 1. The van der Waals surface area contributed by atoms with Crippen LogP contribution in [0.4, 0.5) is 5.69 Å². The predicted molar refractivity (Wildman–Crippen MR) is 148 cm³/mol. The Balaban J connectivity index is 1.24. The van der Waals surface area contributed by atoms with Gasteiger partial charge < -0.3 is 15.7 Å². The molecular formula is C32H32N2O3. The van der Waals surface area contributed by atoms with Gasteiger partial charge in [-0.05, 0) is 78.3 Å². The lowest BCUT2D eigenvalue weighted by Crippen LogP contribution is -2.35. The molecule has 1 amide bonds. The molecule has 4 aromatic carbocycles. The predicted octanol–water partition coefficient (Wildman–Crippen LogP) is 7.17. The minimum Gasteiger partial charge on any atom is -0.478 e. The zero-order chi connectivity index (χ0) is 25.8. The lowest BCUT2D eigenvalue weighted by atomic mass is 9.80. The van der Waals surface area contributed by atoms with Gasteiger partial charge >= 0.3 is 5.97 Å². The monoisotopic (exact) mass is 492 g/mol. The van der Waals surface area contributed by atoms with Crippen molar-refractivity contribution >= 4 is 28.3 Å². The number of aromatic carboxylic acids is 1. The molecule has 188 valence electrons. The minimum absolute atomic E-state index is 0.0750. The molecule has 37 heavy (non-hydrogen) atoms. The Hall–Kier alpha value is -3.96. The van der Waals surface area contributed by atoms with Crippen molar-refractivity contribution in [2.75, 3.05) is 5.32 Å². The summed E-state index contributed by atoms with van der Waals surface area (Å²) >= 11 is 0. The molecule has 0 radical (unpaired) electrons. The van der Waals surface area contributed by atoms with Crippen molar-refractivity contribution in [3.05, 3.63) is 113 Å². The van der Waals surface area contributed by atoms with Gasteiger partial charge in [0, 0.05) is 17.6 Å². The summed E-state index contributed by atoms with van der Waals surface area (Å²) in [4.78, 5) is 24.2. The number of hydrogen-bond acceptors (Lipinski definition) is 3. The summed E-state index contributed by atoms with van der Waals surface area (Å²) in [5.41, 5.74) is 3.46. The second kappa shape index (κ2) is 11.0. The smallest absolute Gasteiger partial charge is 0.337 e. The standard InChI is InChI=1S/C32H32N2O3/c1-21(27-14-7-9-23-8-2-3-12-28(23)27)33-26-11-6-10-25(20-26)22-16-18-24(19-17-22)31(35)34-30-15-5-4-13-29(30)32(36)37/h2-5,7-9,12-19,21,25-26,33H,6,10-11,20H2,1H3,(H,34,35)(H,36,37)/t21-,25+,26?/m1/s1. The van der Waals surface area contributed by atoms with Crippen LogP contribution in [0.15, 0.2) is 91.0 Å². The first-order chi connectivity index (χ1) is 18.0. The van der Waals surface area contributed by atoms with Crippen LogP contribution < -0.4 is 10.6 Å². The van der Waals surface area contributed by atoms with Gasteiger partial charge in [-0.2, -0.15) is 0 Å². The lowest BCUT2D eigenvalue weighted by Gasteiger charge is -2.32. The van der Waals surface area contributed by atoms with Gasteiger partial charge in [-0.3, -0.25) is 4.79 Å². The molecule has 1 saturated carbocycles. The molecule has 3 atom stereocenters. The van der Waals surface area contributed by atoms with E-state index in [0.717, 1.165) is 19.3 Å². The van der Waals surface area contributed by atoms with Gasteiger partial charge in [0.1, 0.15) is 0 Å². The fraction of sp³-hybridized carbons (Fsp3) is 0.250. The highest BCUT2D eigenvalue weighted by molar-refractivity contribution is 6.07. The molecule has 5 rings (SSSR count). The maximum atomic E-state index is 12.8. The normalized spacial score (nSPS) is 18.3. The molecule has 1 fully saturated rings. The van der Waals surface area contributed by atoms with Gasteiger partial charge in [0.2, 0.25) is 0 Å². The Bertz CT molecular complexity index is 1410. The van der Waals surface area contributed by atoms with Crippen LogP contribution in [0, 0.1) is 0 Å². The molecule has 1 unspecified atom stereocenters. The largest absolute Gasteiger partial charge is 0.478 e. The van der Waals surface area contributed by atoms with Crippen molar-refractivity contribution in [1.29, 1.82) is 0 Å². The van der Waals surface area contributed by atoms with Crippen molar-refractivity contribution in [1.82, 2.24) is 5.32 Å². The summed E-state index contributed by atoms with van der Waals surface area (Å²) in [5.74, 6) is -0.940. The van der Waals surface area contributed by atoms with Gasteiger partial charge in [-0.1, -0.05) is 73.2 Å². The van der Waals surface area contributed by atoms with Gasteiger partial charge in [0.25, 0.3) is 5.91 Å². The topological polar surface area (TPSA) is 78.4 Å². The van der Waals surface area contributed by atoms with E-state index in [0.29, 0.717) is 23.2 Å². The third-order valence-corrected chi connectivity index (χ3v) is 7.50. The first-order valence-corrected chi connectivity index (χ1v) is 13.0. The molecular weight excluding hydrogens is 460 g/mol. The number of amides is 1. The second-order valence-electron chi connectivity index (χ2n) is 9.94. The van der Waals surface area contributed by atoms with E-state index >= 15 is 0 Å². The molecule has 5 nitrogen and oxygen atoms in total. The first kappa shape index (κ1) is 24.7. The maximum Gasteiger partial charge on any atom is 0.337 e. The van der Waals surface area contributed by atoms with Crippen LogP contribution in [0.3, 0.4) is 0 Å². The van der Waals surface area contributed by atoms with E-state index < -0.39 is 5.97 Å². The van der Waals surface area contributed by atoms with Crippen LogP contribution in [0.2, 0.25) is 0 Å². The molecule has 4 aromatic rings. The molecule has 1 aliphatic rings.